The van der Waals surface area contributed by atoms with Gasteiger partial charge in [0.05, 0.1) is 5.56 Å². The van der Waals surface area contributed by atoms with Crippen LogP contribution in [-0.4, -0.2) is 29.8 Å². The Morgan fingerprint density at radius 1 is 1.35 bits per heavy atom. The molecular weight excluding hydrogens is 233 g/mol. The average molecular weight is 244 g/mol. The summed E-state index contributed by atoms with van der Waals surface area (Å²) >= 11 is 0. The van der Waals surface area contributed by atoms with Crippen molar-refractivity contribution in [1.82, 2.24) is 9.88 Å². The highest BCUT2D eigenvalue weighted by Crippen LogP contribution is 2.28. The lowest BCUT2D eigenvalue weighted by Gasteiger charge is -2.07. The van der Waals surface area contributed by atoms with E-state index in [0.717, 1.165) is 12.3 Å². The van der Waals surface area contributed by atoms with Gasteiger partial charge >= 0.3 is 6.18 Å². The van der Waals surface area contributed by atoms with Crippen LogP contribution in [-0.2, 0) is 6.18 Å². The van der Waals surface area contributed by atoms with Crippen molar-refractivity contribution in [2.75, 3.05) is 14.1 Å². The summed E-state index contributed by atoms with van der Waals surface area (Å²) in [5, 5.41) is 0. The minimum atomic E-state index is -4.49. The summed E-state index contributed by atoms with van der Waals surface area (Å²) in [5.74, 6) is -0.516. The van der Waals surface area contributed by atoms with Crippen LogP contribution in [0.4, 0.5) is 13.2 Å². The number of hydrogen-bond acceptors (Lipinski definition) is 3. The van der Waals surface area contributed by atoms with E-state index in [-0.39, 0.29) is 5.56 Å². The van der Waals surface area contributed by atoms with E-state index in [1.807, 2.05) is 0 Å². The van der Waals surface area contributed by atoms with Gasteiger partial charge in [0.2, 0.25) is 0 Å². The minimum Gasteiger partial charge on any atom is -0.383 e. The minimum absolute atomic E-state index is 0.0853. The molecule has 0 radical (unpaired) electrons. The standard InChI is InChI=1S/C11H11F3N2O/c1-16(2)4-3-10(17)8-5-9(7-15-6-8)11(12,13)14/h3-7H,1-2H3/b4-3+. The number of carbonyl (C=O) groups is 1. The Labute approximate surface area is 96.6 Å². The molecule has 0 saturated carbocycles. The first-order valence-electron chi connectivity index (χ1n) is 4.72. The predicted molar refractivity (Wildman–Crippen MR) is 56.4 cm³/mol. The van der Waals surface area contributed by atoms with Crippen LogP contribution in [0.1, 0.15) is 15.9 Å². The molecule has 92 valence electrons. The van der Waals surface area contributed by atoms with Crippen LogP contribution in [0, 0.1) is 0 Å². The van der Waals surface area contributed by atoms with Crippen molar-refractivity contribution in [3.8, 4) is 0 Å². The maximum atomic E-state index is 12.4. The number of nitrogens with zero attached hydrogens (tertiary/aromatic N) is 2. The summed E-state index contributed by atoms with van der Waals surface area (Å²) in [6, 6.07) is 0.787. The molecule has 0 bridgehead atoms. The Morgan fingerprint density at radius 3 is 2.53 bits per heavy atom. The summed E-state index contributed by atoms with van der Waals surface area (Å²) < 4.78 is 37.1. The number of aromatic nitrogens is 1. The quantitative estimate of drug-likeness (QED) is 0.604. The van der Waals surface area contributed by atoms with Crippen molar-refractivity contribution in [2.45, 2.75) is 6.18 Å². The normalized spacial score (nSPS) is 11.8. The number of alkyl halides is 3. The van der Waals surface area contributed by atoms with Crippen LogP contribution < -0.4 is 0 Å². The van der Waals surface area contributed by atoms with Gasteiger partial charge in [0.1, 0.15) is 0 Å². The van der Waals surface area contributed by atoms with Crippen molar-refractivity contribution < 1.29 is 18.0 Å². The van der Waals surface area contributed by atoms with E-state index in [1.54, 1.807) is 19.0 Å². The zero-order valence-electron chi connectivity index (χ0n) is 9.32. The van der Waals surface area contributed by atoms with Crippen molar-refractivity contribution >= 4 is 5.78 Å². The largest absolute Gasteiger partial charge is 0.417 e. The summed E-state index contributed by atoms with van der Waals surface area (Å²) in [7, 11) is 3.41. The highest BCUT2D eigenvalue weighted by molar-refractivity contribution is 6.04. The fourth-order valence-corrected chi connectivity index (χ4v) is 1.04. The molecule has 17 heavy (non-hydrogen) atoms. The van der Waals surface area contributed by atoms with Crippen molar-refractivity contribution in [3.05, 3.63) is 41.9 Å². The molecule has 0 aliphatic heterocycles. The second-order valence-corrected chi connectivity index (χ2v) is 3.60. The maximum Gasteiger partial charge on any atom is 0.417 e. The van der Waals surface area contributed by atoms with Gasteiger partial charge in [-0.25, -0.2) is 0 Å². The molecule has 0 aliphatic carbocycles. The molecule has 0 atom stereocenters. The summed E-state index contributed by atoms with van der Waals surface area (Å²) in [5.41, 5.74) is -1.01. The molecule has 1 aromatic heterocycles. The van der Waals surface area contributed by atoms with Gasteiger partial charge in [-0.15, -0.1) is 0 Å². The van der Waals surface area contributed by atoms with Crippen molar-refractivity contribution in [1.29, 1.82) is 0 Å². The third-order valence-corrected chi connectivity index (χ3v) is 1.87. The molecule has 1 rings (SSSR count). The topological polar surface area (TPSA) is 33.2 Å². The van der Waals surface area contributed by atoms with Crippen LogP contribution in [0.2, 0.25) is 0 Å². The molecule has 0 unspecified atom stereocenters. The van der Waals surface area contributed by atoms with Crippen LogP contribution in [0.25, 0.3) is 0 Å². The summed E-state index contributed by atoms with van der Waals surface area (Å²) in [6.45, 7) is 0. The molecule has 0 spiro atoms. The molecule has 1 aromatic rings. The molecular formula is C11H11F3N2O. The number of hydrogen-bond donors (Lipinski definition) is 0. The van der Waals surface area contributed by atoms with Gasteiger partial charge < -0.3 is 4.90 Å². The smallest absolute Gasteiger partial charge is 0.383 e. The van der Waals surface area contributed by atoms with Gasteiger partial charge in [-0.1, -0.05) is 0 Å². The Kier molecular flexibility index (Phi) is 3.88. The molecule has 0 aliphatic rings. The second-order valence-electron chi connectivity index (χ2n) is 3.60. The Morgan fingerprint density at radius 2 is 2.00 bits per heavy atom. The van der Waals surface area contributed by atoms with Gasteiger partial charge in [0, 0.05) is 44.3 Å². The van der Waals surface area contributed by atoms with E-state index in [1.165, 1.54) is 12.3 Å². The Bertz CT molecular complexity index is 439. The number of rotatable bonds is 3. The van der Waals surface area contributed by atoms with E-state index in [0.29, 0.717) is 6.20 Å². The SMILES string of the molecule is CN(C)/C=C/C(=O)c1cncc(C(F)(F)F)c1. The molecule has 6 heteroatoms. The fraction of sp³-hybridized carbons (Fsp3) is 0.273. The first-order chi connectivity index (χ1) is 7.80. The van der Waals surface area contributed by atoms with Gasteiger partial charge in [-0.05, 0) is 6.07 Å². The second kappa shape index (κ2) is 4.99. The lowest BCUT2D eigenvalue weighted by Crippen LogP contribution is -2.08. The number of carbonyl (C=O) groups excluding carboxylic acids is 1. The molecule has 0 saturated heterocycles. The average Bonchev–Trinajstić information content (AvgIpc) is 2.25. The summed E-state index contributed by atoms with van der Waals surface area (Å²) in [6.07, 6.45) is -0.0433. The van der Waals surface area contributed by atoms with Crippen LogP contribution in [0.15, 0.2) is 30.7 Å². The van der Waals surface area contributed by atoms with E-state index >= 15 is 0 Å². The molecule has 0 aromatic carbocycles. The predicted octanol–water partition coefficient (Wildman–Crippen LogP) is 2.36. The number of halogens is 3. The molecule has 1 heterocycles. The highest BCUT2D eigenvalue weighted by atomic mass is 19.4. The Hall–Kier alpha value is -1.85. The van der Waals surface area contributed by atoms with E-state index in [9.17, 15) is 18.0 Å². The summed E-state index contributed by atoms with van der Waals surface area (Å²) in [4.78, 5) is 16.5. The van der Waals surface area contributed by atoms with E-state index < -0.39 is 17.5 Å². The fourth-order valence-electron chi connectivity index (χ4n) is 1.04. The van der Waals surface area contributed by atoms with Crippen LogP contribution in [0.5, 0.6) is 0 Å². The first-order valence-corrected chi connectivity index (χ1v) is 4.72. The highest BCUT2D eigenvalue weighted by Gasteiger charge is 2.31. The lowest BCUT2D eigenvalue weighted by molar-refractivity contribution is -0.137. The molecule has 0 N–H and O–H groups in total. The van der Waals surface area contributed by atoms with E-state index in [4.69, 9.17) is 0 Å². The van der Waals surface area contributed by atoms with E-state index in [2.05, 4.69) is 4.98 Å². The maximum absolute atomic E-state index is 12.4. The third-order valence-electron chi connectivity index (χ3n) is 1.87. The van der Waals surface area contributed by atoms with Gasteiger partial charge in [0.15, 0.2) is 5.78 Å². The monoisotopic (exact) mass is 244 g/mol. The van der Waals surface area contributed by atoms with Gasteiger partial charge in [-0.2, -0.15) is 13.2 Å². The third kappa shape index (κ3) is 3.90. The molecule has 0 amide bonds. The van der Waals surface area contributed by atoms with Crippen molar-refractivity contribution in [3.63, 3.8) is 0 Å². The number of pyridine rings is 1. The molecule has 3 nitrogen and oxygen atoms in total. The lowest BCUT2D eigenvalue weighted by atomic mass is 10.1. The van der Waals surface area contributed by atoms with Crippen molar-refractivity contribution in [2.24, 2.45) is 0 Å². The zero-order chi connectivity index (χ0) is 13.1. The molecule has 0 fully saturated rings. The van der Waals surface area contributed by atoms with Crippen LogP contribution >= 0.6 is 0 Å². The van der Waals surface area contributed by atoms with Gasteiger partial charge in [-0.3, -0.25) is 9.78 Å². The number of ketones is 1. The number of allylic oxidation sites excluding steroid dienone is 1. The Balaban J connectivity index is 2.96. The first kappa shape index (κ1) is 13.2. The van der Waals surface area contributed by atoms with Gasteiger partial charge in [0.25, 0.3) is 0 Å². The van der Waals surface area contributed by atoms with Crippen LogP contribution in [0.3, 0.4) is 0 Å². The zero-order valence-corrected chi connectivity index (χ0v) is 9.32.